The summed E-state index contributed by atoms with van der Waals surface area (Å²) in [7, 11) is 0. The lowest BCUT2D eigenvalue weighted by atomic mass is 10.0. The Balaban J connectivity index is 1.86. The highest BCUT2D eigenvalue weighted by atomic mass is 19.3. The largest absolute Gasteiger partial charge is 0.382 e. The molecule has 3 atom stereocenters. The minimum Gasteiger partial charge on any atom is -0.382 e. The molecule has 1 aliphatic heterocycles. The number of aliphatic hydroxyl groups is 1. The number of aliphatic hydroxyl groups excluding tert-OH is 1. The molecule has 0 aromatic heterocycles. The maximum absolute atomic E-state index is 13.4. The molecule has 26 heavy (non-hydrogen) atoms. The third-order valence-electron chi connectivity index (χ3n) is 4.41. The lowest BCUT2D eigenvalue weighted by molar-refractivity contribution is -0.132. The Bertz CT molecular complexity index is 601. The van der Waals surface area contributed by atoms with Gasteiger partial charge in [0.25, 0.3) is 11.8 Å². The number of aldehydes is 1. The molecule has 1 aromatic carbocycles. The molecular formula is C18H25F2N3O3. The van der Waals surface area contributed by atoms with Gasteiger partial charge in [0.15, 0.2) is 0 Å². The predicted molar refractivity (Wildman–Crippen MR) is 92.7 cm³/mol. The van der Waals surface area contributed by atoms with Crippen molar-refractivity contribution in [3.8, 4) is 0 Å². The molecule has 0 spiro atoms. The maximum Gasteiger partial charge on any atom is 0.260 e. The van der Waals surface area contributed by atoms with Gasteiger partial charge in [0, 0.05) is 19.0 Å². The van der Waals surface area contributed by atoms with Crippen LogP contribution in [0.25, 0.3) is 0 Å². The highest BCUT2D eigenvalue weighted by Crippen LogP contribution is 2.26. The summed E-state index contributed by atoms with van der Waals surface area (Å²) in [6.07, 6.45) is -0.564. The molecule has 2 rings (SSSR count). The van der Waals surface area contributed by atoms with E-state index in [2.05, 4.69) is 5.32 Å². The van der Waals surface area contributed by atoms with Crippen LogP contribution in [0.15, 0.2) is 30.3 Å². The molecule has 6 nitrogen and oxygen atoms in total. The highest BCUT2D eigenvalue weighted by Gasteiger charge is 2.36. The number of nitrogens with two attached hydrogens (primary N) is 1. The topological polar surface area (TPSA) is 95.7 Å². The van der Waals surface area contributed by atoms with E-state index >= 15 is 0 Å². The highest BCUT2D eigenvalue weighted by molar-refractivity contribution is 5.84. The first-order chi connectivity index (χ1) is 12.3. The van der Waals surface area contributed by atoms with E-state index in [1.54, 1.807) is 0 Å². The van der Waals surface area contributed by atoms with E-state index in [1.165, 1.54) is 4.90 Å². The molecule has 8 heteroatoms. The molecule has 144 valence electrons. The van der Waals surface area contributed by atoms with E-state index < -0.39 is 36.6 Å². The number of nitrogens with one attached hydrogen (secondary N) is 1. The number of benzene rings is 1. The molecule has 1 aliphatic rings. The quantitative estimate of drug-likeness (QED) is 0.574. The van der Waals surface area contributed by atoms with Crippen molar-refractivity contribution in [1.82, 2.24) is 10.2 Å². The minimum atomic E-state index is -2.78. The summed E-state index contributed by atoms with van der Waals surface area (Å²) < 4.78 is 26.9. The van der Waals surface area contributed by atoms with E-state index in [0.29, 0.717) is 25.7 Å². The average molecular weight is 369 g/mol. The van der Waals surface area contributed by atoms with Crippen LogP contribution < -0.4 is 11.1 Å². The van der Waals surface area contributed by atoms with Crippen LogP contribution in [0.3, 0.4) is 0 Å². The lowest BCUT2D eigenvalue weighted by Crippen LogP contribution is -2.54. The molecule has 0 radical (unpaired) electrons. The predicted octanol–water partition coefficient (Wildman–Crippen LogP) is 0.332. The summed E-state index contributed by atoms with van der Waals surface area (Å²) in [5, 5.41) is 12.5. The van der Waals surface area contributed by atoms with Gasteiger partial charge < -0.3 is 21.0 Å². The van der Waals surface area contributed by atoms with Crippen LogP contribution in [-0.4, -0.2) is 65.9 Å². The zero-order valence-electron chi connectivity index (χ0n) is 14.5. The first kappa shape index (κ1) is 20.4. The molecule has 2 unspecified atom stereocenters. The number of rotatable bonds is 8. The van der Waals surface area contributed by atoms with Crippen LogP contribution in [0.1, 0.15) is 18.4 Å². The Hall–Kier alpha value is -1.90. The molecule has 1 saturated heterocycles. The number of amides is 1. The standard InChI is InChI=1S/C18H25F2N3O3/c19-18(20)7-4-8-23(12-18)10-14(11-24)22-17(26)16(25)15(21)9-13-5-2-1-3-6-13/h1-3,5-6,11,14-16,25H,4,7-10,12,21H2,(H,22,26)/t14-,15?,16?/m0/s1. The number of piperidine rings is 1. The van der Waals surface area contributed by atoms with Crippen molar-refractivity contribution < 1.29 is 23.5 Å². The van der Waals surface area contributed by atoms with Gasteiger partial charge in [-0.15, -0.1) is 0 Å². The molecule has 0 aliphatic carbocycles. The Morgan fingerprint density at radius 3 is 2.69 bits per heavy atom. The van der Waals surface area contributed by atoms with Crippen LogP contribution in [0.5, 0.6) is 0 Å². The van der Waals surface area contributed by atoms with Crippen molar-refractivity contribution in [2.24, 2.45) is 5.73 Å². The summed E-state index contributed by atoms with van der Waals surface area (Å²) in [6.45, 7) is -0.0271. The van der Waals surface area contributed by atoms with Crippen molar-refractivity contribution in [3.05, 3.63) is 35.9 Å². The first-order valence-corrected chi connectivity index (χ1v) is 8.64. The Morgan fingerprint density at radius 1 is 1.38 bits per heavy atom. The number of alkyl halides is 2. The van der Waals surface area contributed by atoms with Crippen molar-refractivity contribution in [3.63, 3.8) is 0 Å². The monoisotopic (exact) mass is 369 g/mol. The Morgan fingerprint density at radius 2 is 2.08 bits per heavy atom. The molecular weight excluding hydrogens is 344 g/mol. The maximum atomic E-state index is 13.4. The molecule has 1 fully saturated rings. The fraction of sp³-hybridized carbons (Fsp3) is 0.556. The van der Waals surface area contributed by atoms with Gasteiger partial charge in [-0.25, -0.2) is 8.78 Å². The van der Waals surface area contributed by atoms with E-state index in [4.69, 9.17) is 5.73 Å². The SMILES string of the molecule is NC(Cc1ccccc1)C(O)C(=O)N[C@H](C=O)CN1CCCC(F)(F)C1. The van der Waals surface area contributed by atoms with Crippen LogP contribution >= 0.6 is 0 Å². The summed E-state index contributed by atoms with van der Waals surface area (Å²) in [5.41, 5.74) is 6.75. The van der Waals surface area contributed by atoms with E-state index in [1.807, 2.05) is 30.3 Å². The summed E-state index contributed by atoms with van der Waals surface area (Å²) >= 11 is 0. The van der Waals surface area contributed by atoms with Gasteiger partial charge in [-0.2, -0.15) is 0 Å². The zero-order valence-corrected chi connectivity index (χ0v) is 14.5. The van der Waals surface area contributed by atoms with Crippen LogP contribution in [0.2, 0.25) is 0 Å². The van der Waals surface area contributed by atoms with E-state index in [-0.39, 0.29) is 13.0 Å². The second kappa shape index (κ2) is 9.16. The molecule has 4 N–H and O–H groups in total. The minimum absolute atomic E-state index is 0.0223. The lowest BCUT2D eigenvalue weighted by Gasteiger charge is -2.34. The molecule has 0 saturated carbocycles. The second-order valence-electron chi connectivity index (χ2n) is 6.74. The van der Waals surface area contributed by atoms with Gasteiger partial charge in [-0.1, -0.05) is 30.3 Å². The van der Waals surface area contributed by atoms with Gasteiger partial charge in [0.05, 0.1) is 12.6 Å². The molecule has 0 bridgehead atoms. The Labute approximate surface area is 151 Å². The first-order valence-electron chi connectivity index (χ1n) is 8.64. The van der Waals surface area contributed by atoms with Gasteiger partial charge in [0.2, 0.25) is 0 Å². The van der Waals surface area contributed by atoms with Gasteiger partial charge in [0.1, 0.15) is 12.4 Å². The van der Waals surface area contributed by atoms with Crippen molar-refractivity contribution in [1.29, 1.82) is 0 Å². The summed E-state index contributed by atoms with van der Waals surface area (Å²) in [4.78, 5) is 24.8. The number of halogens is 2. The number of carbonyl (C=O) groups excluding carboxylic acids is 2. The van der Waals surface area contributed by atoms with E-state index in [9.17, 15) is 23.5 Å². The van der Waals surface area contributed by atoms with Crippen molar-refractivity contribution in [2.45, 2.75) is 43.4 Å². The number of hydrogen-bond acceptors (Lipinski definition) is 5. The van der Waals surface area contributed by atoms with Crippen molar-refractivity contribution in [2.75, 3.05) is 19.6 Å². The smallest absolute Gasteiger partial charge is 0.260 e. The number of nitrogens with zero attached hydrogens (tertiary/aromatic N) is 1. The van der Waals surface area contributed by atoms with Gasteiger partial charge in [-0.05, 0) is 24.9 Å². The molecule has 1 heterocycles. The zero-order chi connectivity index (χ0) is 19.2. The Kier molecular flexibility index (Phi) is 7.19. The summed E-state index contributed by atoms with van der Waals surface area (Å²) in [5.74, 6) is -3.57. The normalized spacial score (nSPS) is 20.8. The fourth-order valence-corrected chi connectivity index (χ4v) is 3.06. The molecule has 1 amide bonds. The fourth-order valence-electron chi connectivity index (χ4n) is 3.06. The average Bonchev–Trinajstić information content (AvgIpc) is 2.60. The second-order valence-corrected chi connectivity index (χ2v) is 6.74. The number of hydrogen-bond donors (Lipinski definition) is 3. The van der Waals surface area contributed by atoms with Gasteiger partial charge in [-0.3, -0.25) is 9.69 Å². The summed E-state index contributed by atoms with van der Waals surface area (Å²) in [6, 6.07) is 7.33. The van der Waals surface area contributed by atoms with Crippen molar-refractivity contribution >= 4 is 12.2 Å². The third kappa shape index (κ3) is 6.12. The van der Waals surface area contributed by atoms with Crippen LogP contribution in [-0.2, 0) is 16.0 Å². The number of likely N-dealkylation sites (tertiary alicyclic amines) is 1. The van der Waals surface area contributed by atoms with Gasteiger partial charge >= 0.3 is 0 Å². The van der Waals surface area contributed by atoms with E-state index in [0.717, 1.165) is 5.56 Å². The number of carbonyl (C=O) groups is 2. The third-order valence-corrected chi connectivity index (χ3v) is 4.41. The molecule has 1 aromatic rings. The van der Waals surface area contributed by atoms with Crippen LogP contribution in [0.4, 0.5) is 8.78 Å². The van der Waals surface area contributed by atoms with Crippen LogP contribution in [0, 0.1) is 0 Å².